The second-order valence-corrected chi connectivity index (χ2v) is 7.66. The number of fused-ring (bicyclic) bond motifs is 1. The zero-order chi connectivity index (χ0) is 26.4. The van der Waals surface area contributed by atoms with Crippen molar-refractivity contribution in [3.63, 3.8) is 0 Å². The number of amides is 1. The van der Waals surface area contributed by atoms with E-state index in [0.717, 1.165) is 14.2 Å². The average molecular weight is 500 g/mol. The lowest BCUT2D eigenvalue weighted by molar-refractivity contribution is -0.148. The maximum atomic E-state index is 14.0. The number of ether oxygens (including phenoxy) is 2. The first kappa shape index (κ1) is 26.0. The van der Waals surface area contributed by atoms with Crippen molar-refractivity contribution >= 4 is 46.5 Å². The van der Waals surface area contributed by atoms with E-state index in [1.54, 1.807) is 19.1 Å². The highest BCUT2D eigenvalue weighted by molar-refractivity contribution is 5.97. The molecule has 36 heavy (non-hydrogen) atoms. The summed E-state index contributed by atoms with van der Waals surface area (Å²) < 4.78 is 22.9. The predicted molar refractivity (Wildman–Crippen MR) is 127 cm³/mol. The molecule has 2 aromatic heterocycles. The van der Waals surface area contributed by atoms with Gasteiger partial charge in [-0.05, 0) is 30.7 Å². The van der Waals surface area contributed by atoms with E-state index in [9.17, 15) is 18.8 Å². The lowest BCUT2D eigenvalue weighted by Gasteiger charge is -2.18. The van der Waals surface area contributed by atoms with Gasteiger partial charge in [-0.2, -0.15) is 9.97 Å². The molecule has 0 radical (unpaired) electrons. The summed E-state index contributed by atoms with van der Waals surface area (Å²) in [6, 6.07) is 3.39. The number of benzene rings is 1. The van der Waals surface area contributed by atoms with Gasteiger partial charge in [0.2, 0.25) is 5.95 Å². The molecule has 0 spiro atoms. The van der Waals surface area contributed by atoms with E-state index in [-0.39, 0.29) is 29.5 Å². The Morgan fingerprint density at radius 1 is 1.08 bits per heavy atom. The van der Waals surface area contributed by atoms with Gasteiger partial charge in [0, 0.05) is 17.7 Å². The molecule has 13 nitrogen and oxygen atoms in total. The van der Waals surface area contributed by atoms with Crippen molar-refractivity contribution in [1.82, 2.24) is 25.3 Å². The number of hydrogen-bond acceptors (Lipinski definition) is 12. The summed E-state index contributed by atoms with van der Waals surface area (Å²) in [6.07, 6.45) is -1.21. The quantitative estimate of drug-likeness (QED) is 0.300. The first-order valence-electron chi connectivity index (χ1n) is 10.6. The highest BCUT2D eigenvalue weighted by Gasteiger charge is 2.30. The number of carbonyl (C=O) groups excluding carboxylic acids is 3. The second-order valence-electron chi connectivity index (χ2n) is 7.66. The molecule has 190 valence electrons. The zero-order valence-corrected chi connectivity index (χ0v) is 19.7. The van der Waals surface area contributed by atoms with Crippen molar-refractivity contribution < 1.29 is 28.2 Å². The van der Waals surface area contributed by atoms with Crippen LogP contribution >= 0.6 is 0 Å². The molecular weight excluding hydrogens is 475 g/mol. The summed E-state index contributed by atoms with van der Waals surface area (Å²) in [4.78, 5) is 52.5. The van der Waals surface area contributed by atoms with Crippen LogP contribution in [0.5, 0.6) is 0 Å². The van der Waals surface area contributed by atoms with Gasteiger partial charge in [-0.15, -0.1) is 0 Å². The molecule has 2 heterocycles. The third kappa shape index (κ3) is 6.08. The van der Waals surface area contributed by atoms with Crippen molar-refractivity contribution in [3.05, 3.63) is 41.2 Å². The van der Waals surface area contributed by atoms with Crippen LogP contribution in [0.25, 0.3) is 11.2 Å². The van der Waals surface area contributed by atoms with Crippen molar-refractivity contribution in [2.45, 2.75) is 32.1 Å². The number of anilines is 3. The average Bonchev–Trinajstić information content (AvgIpc) is 2.86. The van der Waals surface area contributed by atoms with Crippen LogP contribution in [-0.2, 0) is 25.6 Å². The van der Waals surface area contributed by atoms with Gasteiger partial charge in [0.25, 0.3) is 5.91 Å². The van der Waals surface area contributed by atoms with Crippen LogP contribution in [0.1, 0.15) is 28.0 Å². The number of alkyl halides is 1. The van der Waals surface area contributed by atoms with E-state index in [4.69, 9.17) is 11.5 Å². The summed E-state index contributed by atoms with van der Waals surface area (Å²) >= 11 is 0. The number of rotatable bonds is 9. The molecule has 0 saturated heterocycles. The monoisotopic (exact) mass is 500 g/mol. The Bertz CT molecular complexity index is 1300. The molecule has 0 aliphatic rings. The van der Waals surface area contributed by atoms with Crippen LogP contribution in [0.2, 0.25) is 0 Å². The van der Waals surface area contributed by atoms with Crippen LogP contribution in [0.4, 0.5) is 21.8 Å². The van der Waals surface area contributed by atoms with Crippen LogP contribution in [-0.4, -0.2) is 64.2 Å². The van der Waals surface area contributed by atoms with Crippen molar-refractivity contribution in [1.29, 1.82) is 0 Å². The Morgan fingerprint density at radius 2 is 1.81 bits per heavy atom. The molecular formula is C22H25FN8O5. The molecule has 3 aromatic rings. The van der Waals surface area contributed by atoms with Crippen molar-refractivity contribution in [2.24, 2.45) is 0 Å². The third-order valence-corrected chi connectivity index (χ3v) is 5.14. The molecule has 1 aromatic carbocycles. The van der Waals surface area contributed by atoms with Crippen LogP contribution < -0.4 is 22.1 Å². The number of nitrogens with zero attached hydrogens (tertiary/aromatic N) is 4. The molecule has 14 heteroatoms. The van der Waals surface area contributed by atoms with Gasteiger partial charge in [0.05, 0.1) is 32.7 Å². The van der Waals surface area contributed by atoms with Gasteiger partial charge in [0.1, 0.15) is 6.04 Å². The van der Waals surface area contributed by atoms with Gasteiger partial charge in [-0.1, -0.05) is 0 Å². The lowest BCUT2D eigenvalue weighted by Crippen LogP contribution is -2.44. The Kier molecular flexibility index (Phi) is 8.09. The van der Waals surface area contributed by atoms with E-state index in [1.807, 2.05) is 0 Å². The molecule has 0 unspecified atom stereocenters. The summed E-state index contributed by atoms with van der Waals surface area (Å²) in [7, 11) is 2.11. The van der Waals surface area contributed by atoms with Crippen molar-refractivity contribution in [3.8, 4) is 0 Å². The fourth-order valence-corrected chi connectivity index (χ4v) is 3.29. The maximum absolute atomic E-state index is 14.0. The fourth-order valence-electron chi connectivity index (χ4n) is 3.29. The minimum Gasteiger partial charge on any atom is -0.467 e. The normalized spacial score (nSPS) is 12.4. The topological polar surface area (TPSA) is 197 Å². The number of aromatic nitrogens is 4. The number of nitrogen functional groups attached to an aromatic ring is 2. The molecule has 0 aliphatic heterocycles. The van der Waals surface area contributed by atoms with Gasteiger partial charge in [0.15, 0.2) is 23.2 Å². The van der Waals surface area contributed by atoms with E-state index in [2.05, 4.69) is 40.0 Å². The summed E-state index contributed by atoms with van der Waals surface area (Å²) in [6.45, 7) is 2.06. The molecule has 0 bridgehead atoms. The van der Waals surface area contributed by atoms with Gasteiger partial charge >= 0.3 is 11.9 Å². The first-order valence-corrected chi connectivity index (χ1v) is 10.6. The number of halogens is 1. The van der Waals surface area contributed by atoms with Gasteiger partial charge in [-0.3, -0.25) is 4.79 Å². The molecule has 0 aliphatic carbocycles. The largest absolute Gasteiger partial charge is 0.467 e. The van der Waals surface area contributed by atoms with Gasteiger partial charge in [-0.25, -0.2) is 23.9 Å². The van der Waals surface area contributed by atoms with Gasteiger partial charge < -0.3 is 31.6 Å². The summed E-state index contributed by atoms with van der Waals surface area (Å²) in [5.74, 6) is -2.57. The molecule has 6 N–H and O–H groups in total. The standard InChI is InChI=1S/C22H25FN8O5/c1-10-6-11(19(32)29-15(21(34)36-3)7-13(23)20(33)35-2)4-5-14(10)26-8-12-9-27-18-16(28-12)17(24)30-22(25)31-18/h4-6,9,13,15,26H,7-8H2,1-3H3,(H,29,32)(H4,24,25,27,30,31)/t13-,15+/m1/s1. The van der Waals surface area contributed by atoms with E-state index >= 15 is 0 Å². The van der Waals surface area contributed by atoms with E-state index in [1.165, 1.54) is 12.3 Å². The molecule has 0 saturated carbocycles. The van der Waals surface area contributed by atoms with E-state index in [0.29, 0.717) is 22.5 Å². The first-order chi connectivity index (χ1) is 17.1. The number of methoxy groups -OCH3 is 2. The number of hydrogen-bond donors (Lipinski definition) is 4. The molecule has 0 fully saturated rings. The number of nitrogens with two attached hydrogens (primary N) is 2. The number of esters is 2. The third-order valence-electron chi connectivity index (χ3n) is 5.14. The van der Waals surface area contributed by atoms with E-state index < -0.39 is 36.5 Å². The fraction of sp³-hybridized carbons (Fsp3) is 0.318. The number of aryl methyl sites for hydroxylation is 1. The highest BCUT2D eigenvalue weighted by atomic mass is 19.1. The minimum atomic E-state index is -2.11. The number of carbonyl (C=O) groups is 3. The highest BCUT2D eigenvalue weighted by Crippen LogP contribution is 2.19. The predicted octanol–water partition coefficient (Wildman–Crippen LogP) is 0.677. The smallest absolute Gasteiger partial charge is 0.340 e. The Balaban J connectivity index is 1.69. The Morgan fingerprint density at radius 3 is 2.47 bits per heavy atom. The molecule has 3 rings (SSSR count). The lowest BCUT2D eigenvalue weighted by atomic mass is 10.1. The summed E-state index contributed by atoms with van der Waals surface area (Å²) in [5.41, 5.74) is 14.2. The Hall–Kier alpha value is -4.62. The SMILES string of the molecule is COC(=O)[C@H](F)C[C@H](NC(=O)c1ccc(NCc2cnc3nc(N)nc(N)c3n2)c(C)c1)C(=O)OC. The second kappa shape index (κ2) is 11.2. The molecule has 2 atom stereocenters. The van der Waals surface area contributed by atoms with Crippen LogP contribution in [0.15, 0.2) is 24.4 Å². The maximum Gasteiger partial charge on any atom is 0.340 e. The van der Waals surface area contributed by atoms with Crippen molar-refractivity contribution in [2.75, 3.05) is 31.0 Å². The molecule has 1 amide bonds. The zero-order valence-electron chi connectivity index (χ0n) is 19.7. The van der Waals surface area contributed by atoms with Crippen LogP contribution in [0.3, 0.4) is 0 Å². The minimum absolute atomic E-state index is 0.00538. The Labute approximate surface area is 204 Å². The number of nitrogens with one attached hydrogen (secondary N) is 2. The summed E-state index contributed by atoms with van der Waals surface area (Å²) in [5, 5.41) is 5.58. The van der Waals surface area contributed by atoms with Crippen LogP contribution in [0, 0.1) is 6.92 Å².